The molecule has 3 heteroatoms. The van der Waals surface area contributed by atoms with Gasteiger partial charge in [0.2, 0.25) is 0 Å². The van der Waals surface area contributed by atoms with Crippen LogP contribution in [-0.2, 0) is 5.41 Å². The molecule has 1 aliphatic rings. The summed E-state index contributed by atoms with van der Waals surface area (Å²) in [7, 11) is 0. The van der Waals surface area contributed by atoms with Crippen LogP contribution in [0.2, 0.25) is 0 Å². The van der Waals surface area contributed by atoms with Crippen LogP contribution < -0.4 is 0 Å². The molecule has 11 rings (SSSR count). The second kappa shape index (κ2) is 12.2. The average molecular weight is 703 g/mol. The zero-order chi connectivity index (χ0) is 36.5. The first-order valence-electron chi connectivity index (χ1n) is 18.8. The van der Waals surface area contributed by atoms with E-state index in [4.69, 9.17) is 14.4 Å². The SMILES string of the molecule is CC1(c2ccccc2)c2ccccc2-c2cccc(-c3cc(-c4ccc(-c5cccc6c5oc5ccccc56)cc4)nc(-c4cccc5ccccc45)n3)c21. The van der Waals surface area contributed by atoms with Gasteiger partial charge in [-0.2, -0.15) is 0 Å². The lowest BCUT2D eigenvalue weighted by Gasteiger charge is -2.30. The Hall–Kier alpha value is -7.10. The second-order valence-corrected chi connectivity index (χ2v) is 14.6. The quantitative estimate of drug-likeness (QED) is 0.179. The molecule has 0 N–H and O–H groups in total. The number of hydrogen-bond donors (Lipinski definition) is 0. The molecular formula is C52H34N2O. The molecule has 2 heterocycles. The van der Waals surface area contributed by atoms with Crippen molar-refractivity contribution in [2.45, 2.75) is 12.3 Å². The van der Waals surface area contributed by atoms with Crippen molar-refractivity contribution >= 4 is 32.7 Å². The van der Waals surface area contributed by atoms with Gasteiger partial charge in [0.25, 0.3) is 0 Å². The van der Waals surface area contributed by atoms with Crippen molar-refractivity contribution in [2.24, 2.45) is 0 Å². The lowest BCUT2D eigenvalue weighted by atomic mass is 9.72. The summed E-state index contributed by atoms with van der Waals surface area (Å²) in [5.41, 5.74) is 14.8. The average Bonchev–Trinajstić information content (AvgIpc) is 3.77. The molecule has 0 saturated carbocycles. The molecule has 0 amide bonds. The molecule has 55 heavy (non-hydrogen) atoms. The lowest BCUT2D eigenvalue weighted by molar-refractivity contribution is 0.670. The van der Waals surface area contributed by atoms with Gasteiger partial charge in [0, 0.05) is 38.4 Å². The third-order valence-corrected chi connectivity index (χ3v) is 11.6. The smallest absolute Gasteiger partial charge is 0.161 e. The van der Waals surface area contributed by atoms with Crippen molar-refractivity contribution in [2.75, 3.05) is 0 Å². The van der Waals surface area contributed by atoms with E-state index >= 15 is 0 Å². The number of nitrogens with zero attached hydrogens (tertiary/aromatic N) is 2. The summed E-state index contributed by atoms with van der Waals surface area (Å²) in [6.45, 7) is 2.37. The van der Waals surface area contributed by atoms with Crippen molar-refractivity contribution in [1.82, 2.24) is 9.97 Å². The maximum Gasteiger partial charge on any atom is 0.161 e. The Morgan fingerprint density at radius 3 is 1.93 bits per heavy atom. The summed E-state index contributed by atoms with van der Waals surface area (Å²) in [5.74, 6) is 0.704. The van der Waals surface area contributed by atoms with Crippen molar-refractivity contribution < 1.29 is 4.42 Å². The Kier molecular flexibility index (Phi) is 6.99. The highest BCUT2D eigenvalue weighted by molar-refractivity contribution is 6.09. The summed E-state index contributed by atoms with van der Waals surface area (Å²) in [6.07, 6.45) is 0. The van der Waals surface area contributed by atoms with Crippen LogP contribution in [0.15, 0.2) is 192 Å². The summed E-state index contributed by atoms with van der Waals surface area (Å²) >= 11 is 0. The van der Waals surface area contributed by atoms with Crippen LogP contribution in [0.3, 0.4) is 0 Å². The maximum absolute atomic E-state index is 6.41. The zero-order valence-corrected chi connectivity index (χ0v) is 30.2. The van der Waals surface area contributed by atoms with Crippen LogP contribution in [0.5, 0.6) is 0 Å². The van der Waals surface area contributed by atoms with Gasteiger partial charge in [-0.3, -0.25) is 0 Å². The normalized spacial score (nSPS) is 14.7. The van der Waals surface area contributed by atoms with Crippen LogP contribution in [0, 0.1) is 0 Å². The fraction of sp³-hybridized carbons (Fsp3) is 0.0385. The van der Waals surface area contributed by atoms with Gasteiger partial charge in [-0.05, 0) is 63.2 Å². The zero-order valence-electron chi connectivity index (χ0n) is 30.2. The molecule has 1 atom stereocenters. The van der Waals surface area contributed by atoms with Crippen molar-refractivity contribution in [3.8, 4) is 56.2 Å². The van der Waals surface area contributed by atoms with Crippen LogP contribution in [-0.4, -0.2) is 9.97 Å². The van der Waals surface area contributed by atoms with Gasteiger partial charge in [0.1, 0.15) is 11.2 Å². The summed E-state index contributed by atoms with van der Waals surface area (Å²) in [6, 6.07) is 66.8. The van der Waals surface area contributed by atoms with Crippen molar-refractivity contribution in [3.05, 3.63) is 205 Å². The van der Waals surface area contributed by atoms with Gasteiger partial charge >= 0.3 is 0 Å². The van der Waals surface area contributed by atoms with Crippen molar-refractivity contribution in [3.63, 3.8) is 0 Å². The largest absolute Gasteiger partial charge is 0.455 e. The second-order valence-electron chi connectivity index (χ2n) is 14.6. The van der Waals surface area contributed by atoms with E-state index < -0.39 is 0 Å². The van der Waals surface area contributed by atoms with Gasteiger partial charge in [0.15, 0.2) is 5.82 Å². The first-order valence-corrected chi connectivity index (χ1v) is 18.8. The Labute approximate surface area is 319 Å². The van der Waals surface area contributed by atoms with Gasteiger partial charge in [0.05, 0.1) is 11.4 Å². The topological polar surface area (TPSA) is 38.9 Å². The Morgan fingerprint density at radius 1 is 0.436 bits per heavy atom. The summed E-state index contributed by atoms with van der Waals surface area (Å²) < 4.78 is 6.41. The van der Waals surface area contributed by atoms with Gasteiger partial charge in [-0.25, -0.2) is 9.97 Å². The third kappa shape index (κ3) is 4.83. The number of hydrogen-bond acceptors (Lipinski definition) is 3. The van der Waals surface area contributed by atoms with Crippen molar-refractivity contribution in [1.29, 1.82) is 0 Å². The van der Waals surface area contributed by atoms with E-state index in [1.54, 1.807) is 0 Å². The Morgan fingerprint density at radius 2 is 1.04 bits per heavy atom. The van der Waals surface area contributed by atoms with Gasteiger partial charge < -0.3 is 4.42 Å². The van der Waals surface area contributed by atoms with E-state index in [2.05, 4.69) is 183 Å². The van der Waals surface area contributed by atoms with Gasteiger partial charge in [-0.1, -0.05) is 176 Å². The predicted molar refractivity (Wildman–Crippen MR) is 226 cm³/mol. The number of fused-ring (bicyclic) bond motifs is 7. The van der Waals surface area contributed by atoms with E-state index in [1.165, 1.54) is 27.8 Å². The highest BCUT2D eigenvalue weighted by Crippen LogP contribution is 2.55. The molecule has 0 saturated heterocycles. The van der Waals surface area contributed by atoms with Crippen LogP contribution >= 0.6 is 0 Å². The highest BCUT2D eigenvalue weighted by atomic mass is 16.3. The van der Waals surface area contributed by atoms with Crippen LogP contribution in [0.1, 0.15) is 23.6 Å². The molecule has 3 nitrogen and oxygen atoms in total. The number of para-hydroxylation sites is 2. The molecule has 10 aromatic rings. The molecule has 0 fully saturated rings. The molecule has 258 valence electrons. The van der Waals surface area contributed by atoms with Crippen LogP contribution in [0.25, 0.3) is 88.9 Å². The molecule has 1 aliphatic carbocycles. The molecule has 0 bridgehead atoms. The summed E-state index contributed by atoms with van der Waals surface area (Å²) in [4.78, 5) is 10.8. The molecule has 0 aliphatic heterocycles. The summed E-state index contributed by atoms with van der Waals surface area (Å²) in [5, 5.41) is 4.54. The minimum absolute atomic E-state index is 0.381. The molecule has 0 spiro atoms. The fourth-order valence-corrected chi connectivity index (χ4v) is 8.96. The third-order valence-electron chi connectivity index (χ3n) is 11.6. The lowest BCUT2D eigenvalue weighted by Crippen LogP contribution is -2.23. The van der Waals surface area contributed by atoms with E-state index in [-0.39, 0.29) is 5.41 Å². The highest BCUT2D eigenvalue weighted by Gasteiger charge is 2.42. The molecule has 1 unspecified atom stereocenters. The molecule has 8 aromatic carbocycles. The molecule has 0 radical (unpaired) electrons. The maximum atomic E-state index is 6.41. The van der Waals surface area contributed by atoms with E-state index in [0.29, 0.717) is 5.82 Å². The van der Waals surface area contributed by atoms with Crippen LogP contribution in [0.4, 0.5) is 0 Å². The minimum atomic E-state index is -0.381. The Balaban J connectivity index is 1.12. The predicted octanol–water partition coefficient (Wildman–Crippen LogP) is 13.5. The molecular weight excluding hydrogens is 669 g/mol. The number of rotatable bonds is 5. The minimum Gasteiger partial charge on any atom is -0.455 e. The fourth-order valence-electron chi connectivity index (χ4n) is 8.96. The number of benzene rings is 8. The van der Waals surface area contributed by atoms with E-state index in [0.717, 1.165) is 71.9 Å². The van der Waals surface area contributed by atoms with E-state index in [1.807, 2.05) is 12.1 Å². The number of furan rings is 1. The molecule has 2 aromatic heterocycles. The number of aromatic nitrogens is 2. The first kappa shape index (κ1) is 31.4. The van der Waals surface area contributed by atoms with E-state index in [9.17, 15) is 0 Å². The van der Waals surface area contributed by atoms with Gasteiger partial charge in [-0.15, -0.1) is 0 Å². The monoisotopic (exact) mass is 702 g/mol. The standard InChI is InChI=1S/C52H34N2O/c1-52(36-16-3-2-4-17-36)45-26-9-7-19-39(45)41-22-13-25-44(49(41)52)47-32-46(53-51(54-47)43-24-11-15-33-14-5-6-18-37(33)43)35-30-28-34(29-31-35)38-21-12-23-42-40-20-8-10-27-48(40)55-50(38)42/h2-32H,1H3. The Bertz CT molecular complexity index is 3100. The first-order chi connectivity index (χ1) is 27.1.